The summed E-state index contributed by atoms with van der Waals surface area (Å²) in [5.74, 6) is 0.306. The first kappa shape index (κ1) is 15.4. The van der Waals surface area contributed by atoms with Gasteiger partial charge in [0.15, 0.2) is 28.8 Å². The van der Waals surface area contributed by atoms with Crippen LogP contribution in [0.2, 0.25) is 0 Å². The van der Waals surface area contributed by atoms with Gasteiger partial charge in [0.1, 0.15) is 0 Å². The van der Waals surface area contributed by atoms with Gasteiger partial charge in [0.2, 0.25) is 0 Å². The third-order valence-corrected chi connectivity index (χ3v) is 3.09. The van der Waals surface area contributed by atoms with Gasteiger partial charge in [0.05, 0.1) is 14.2 Å². The summed E-state index contributed by atoms with van der Waals surface area (Å²) in [5.41, 5.74) is 0.997. The third-order valence-electron chi connectivity index (χ3n) is 3.09. The van der Waals surface area contributed by atoms with Crippen molar-refractivity contribution in [3.63, 3.8) is 0 Å². The first-order chi connectivity index (χ1) is 10.5. The SMILES string of the molecule is COc1ccc(/C=C/C(=O)c2ccc(OC)c(O)c2)cc1O. The predicted molar refractivity (Wildman–Crippen MR) is 82.7 cm³/mol. The summed E-state index contributed by atoms with van der Waals surface area (Å²) in [6.45, 7) is 0. The van der Waals surface area contributed by atoms with Crippen molar-refractivity contribution in [3.05, 3.63) is 53.6 Å². The van der Waals surface area contributed by atoms with Gasteiger partial charge in [0, 0.05) is 5.56 Å². The van der Waals surface area contributed by atoms with Crippen LogP contribution in [-0.2, 0) is 0 Å². The minimum atomic E-state index is -0.270. The van der Waals surface area contributed by atoms with Crippen molar-refractivity contribution in [2.45, 2.75) is 0 Å². The largest absolute Gasteiger partial charge is 0.504 e. The summed E-state index contributed by atoms with van der Waals surface area (Å²) >= 11 is 0. The van der Waals surface area contributed by atoms with Gasteiger partial charge in [0.25, 0.3) is 0 Å². The van der Waals surface area contributed by atoms with E-state index in [0.717, 1.165) is 0 Å². The lowest BCUT2D eigenvalue weighted by Gasteiger charge is -2.04. The third kappa shape index (κ3) is 3.38. The number of hydrogen-bond donors (Lipinski definition) is 2. The molecule has 5 heteroatoms. The minimum absolute atomic E-state index is 0.000749. The molecular formula is C17H16O5. The molecule has 0 heterocycles. The van der Waals surface area contributed by atoms with Crippen molar-refractivity contribution < 1.29 is 24.5 Å². The van der Waals surface area contributed by atoms with Crippen LogP contribution in [0.1, 0.15) is 15.9 Å². The Morgan fingerprint density at radius 1 is 0.955 bits per heavy atom. The molecule has 0 bridgehead atoms. The van der Waals surface area contributed by atoms with Gasteiger partial charge < -0.3 is 19.7 Å². The quantitative estimate of drug-likeness (QED) is 0.655. The van der Waals surface area contributed by atoms with Crippen LogP contribution < -0.4 is 9.47 Å². The first-order valence-corrected chi connectivity index (χ1v) is 6.51. The van der Waals surface area contributed by atoms with Gasteiger partial charge in [-0.1, -0.05) is 12.1 Å². The fourth-order valence-corrected chi connectivity index (χ4v) is 1.92. The number of rotatable bonds is 5. The molecule has 22 heavy (non-hydrogen) atoms. The highest BCUT2D eigenvalue weighted by Gasteiger charge is 2.07. The normalized spacial score (nSPS) is 10.6. The number of ketones is 1. The van der Waals surface area contributed by atoms with Gasteiger partial charge in [-0.3, -0.25) is 4.79 Å². The molecule has 0 fully saturated rings. The zero-order valence-electron chi connectivity index (χ0n) is 12.2. The van der Waals surface area contributed by atoms with E-state index in [0.29, 0.717) is 22.6 Å². The lowest BCUT2D eigenvalue weighted by Crippen LogP contribution is -1.94. The molecule has 0 aliphatic carbocycles. The van der Waals surface area contributed by atoms with Crippen molar-refractivity contribution >= 4 is 11.9 Å². The number of phenolic OH excluding ortho intramolecular Hbond substituents is 2. The zero-order chi connectivity index (χ0) is 16.1. The van der Waals surface area contributed by atoms with E-state index in [1.165, 1.54) is 38.5 Å². The van der Waals surface area contributed by atoms with E-state index in [2.05, 4.69) is 0 Å². The van der Waals surface area contributed by atoms with Gasteiger partial charge in [-0.15, -0.1) is 0 Å². The fraction of sp³-hybridized carbons (Fsp3) is 0.118. The molecule has 0 atom stereocenters. The number of methoxy groups -OCH3 is 2. The molecule has 2 rings (SSSR count). The van der Waals surface area contributed by atoms with Crippen molar-refractivity contribution in [2.24, 2.45) is 0 Å². The van der Waals surface area contributed by atoms with E-state index in [4.69, 9.17) is 9.47 Å². The lowest BCUT2D eigenvalue weighted by molar-refractivity contribution is 0.104. The Labute approximate surface area is 128 Å². The summed E-state index contributed by atoms with van der Waals surface area (Å²) in [5, 5.41) is 19.3. The molecule has 2 aromatic rings. The lowest BCUT2D eigenvalue weighted by atomic mass is 10.1. The second-order valence-corrected chi connectivity index (χ2v) is 4.52. The van der Waals surface area contributed by atoms with Crippen LogP contribution in [0.25, 0.3) is 6.08 Å². The highest BCUT2D eigenvalue weighted by atomic mass is 16.5. The Morgan fingerprint density at radius 2 is 1.55 bits per heavy atom. The topological polar surface area (TPSA) is 76.0 Å². The Kier molecular flexibility index (Phi) is 4.68. The predicted octanol–water partition coefficient (Wildman–Crippen LogP) is 3.01. The van der Waals surface area contributed by atoms with Crippen LogP contribution in [0.5, 0.6) is 23.0 Å². The number of phenols is 2. The van der Waals surface area contributed by atoms with Gasteiger partial charge >= 0.3 is 0 Å². The van der Waals surface area contributed by atoms with Crippen molar-refractivity contribution in [1.82, 2.24) is 0 Å². The van der Waals surface area contributed by atoms with Gasteiger partial charge in [-0.25, -0.2) is 0 Å². The Balaban J connectivity index is 2.17. The summed E-state index contributed by atoms with van der Waals surface area (Å²) in [4.78, 5) is 12.1. The second kappa shape index (κ2) is 6.67. The Hall–Kier alpha value is -2.95. The second-order valence-electron chi connectivity index (χ2n) is 4.52. The van der Waals surface area contributed by atoms with E-state index in [-0.39, 0.29) is 17.3 Å². The standard InChI is InChI=1S/C17H16O5/c1-21-16-7-4-11(9-14(16)19)3-6-13(18)12-5-8-17(22-2)15(20)10-12/h3-10,19-20H,1-2H3/b6-3+. The Bertz CT molecular complexity index is 719. The monoisotopic (exact) mass is 300 g/mol. The summed E-state index contributed by atoms with van der Waals surface area (Å²) in [7, 11) is 2.90. The number of carbonyl (C=O) groups is 1. The van der Waals surface area contributed by atoms with E-state index in [1.54, 1.807) is 24.3 Å². The van der Waals surface area contributed by atoms with Crippen molar-refractivity contribution in [1.29, 1.82) is 0 Å². The maximum Gasteiger partial charge on any atom is 0.185 e. The van der Waals surface area contributed by atoms with Gasteiger partial charge in [-0.05, 0) is 42.0 Å². The molecule has 0 radical (unpaired) electrons. The molecule has 0 saturated carbocycles. The molecule has 0 amide bonds. The number of hydrogen-bond acceptors (Lipinski definition) is 5. The summed E-state index contributed by atoms with van der Waals surface area (Å²) in [6, 6.07) is 9.25. The van der Waals surface area contributed by atoms with Gasteiger partial charge in [-0.2, -0.15) is 0 Å². The van der Waals surface area contributed by atoms with Crippen LogP contribution in [0.3, 0.4) is 0 Å². The number of carbonyl (C=O) groups excluding carboxylic acids is 1. The van der Waals surface area contributed by atoms with E-state index >= 15 is 0 Å². The molecule has 2 aromatic carbocycles. The van der Waals surface area contributed by atoms with E-state index in [1.807, 2.05) is 0 Å². The summed E-state index contributed by atoms with van der Waals surface area (Å²) < 4.78 is 9.87. The highest BCUT2D eigenvalue weighted by molar-refractivity contribution is 6.07. The number of aromatic hydroxyl groups is 2. The smallest absolute Gasteiger partial charge is 0.185 e. The maximum absolute atomic E-state index is 12.1. The van der Waals surface area contributed by atoms with Crippen molar-refractivity contribution in [2.75, 3.05) is 14.2 Å². The van der Waals surface area contributed by atoms with Crippen LogP contribution in [-0.4, -0.2) is 30.2 Å². The number of allylic oxidation sites excluding steroid dienone is 1. The molecule has 0 unspecified atom stereocenters. The molecule has 5 nitrogen and oxygen atoms in total. The molecule has 114 valence electrons. The average molecular weight is 300 g/mol. The van der Waals surface area contributed by atoms with Crippen LogP contribution in [0.4, 0.5) is 0 Å². The fourth-order valence-electron chi connectivity index (χ4n) is 1.92. The van der Waals surface area contributed by atoms with Crippen LogP contribution >= 0.6 is 0 Å². The zero-order valence-corrected chi connectivity index (χ0v) is 12.2. The maximum atomic E-state index is 12.1. The number of benzene rings is 2. The molecule has 0 aliphatic rings. The van der Waals surface area contributed by atoms with Crippen LogP contribution in [0, 0.1) is 0 Å². The first-order valence-electron chi connectivity index (χ1n) is 6.51. The number of ether oxygens (including phenoxy) is 2. The average Bonchev–Trinajstić information content (AvgIpc) is 2.52. The minimum Gasteiger partial charge on any atom is -0.504 e. The molecule has 0 aliphatic heterocycles. The molecule has 2 N–H and O–H groups in total. The Morgan fingerprint density at radius 3 is 2.09 bits per heavy atom. The molecule has 0 aromatic heterocycles. The highest BCUT2D eigenvalue weighted by Crippen LogP contribution is 2.28. The van der Waals surface area contributed by atoms with Crippen LogP contribution in [0.15, 0.2) is 42.5 Å². The van der Waals surface area contributed by atoms with Crippen molar-refractivity contribution in [3.8, 4) is 23.0 Å². The van der Waals surface area contributed by atoms with E-state index < -0.39 is 0 Å². The van der Waals surface area contributed by atoms with E-state index in [9.17, 15) is 15.0 Å². The molecular weight excluding hydrogens is 284 g/mol. The molecule has 0 spiro atoms. The summed E-state index contributed by atoms with van der Waals surface area (Å²) in [6.07, 6.45) is 2.94. The molecule has 0 saturated heterocycles.